The van der Waals surface area contributed by atoms with Crippen LogP contribution in [0, 0.1) is 19.8 Å². The summed E-state index contributed by atoms with van der Waals surface area (Å²) in [5.41, 5.74) is 0.437. The molecular weight excluding hydrogens is 907 g/mol. The van der Waals surface area contributed by atoms with Crippen LogP contribution in [0.15, 0.2) is 61.7 Å². The van der Waals surface area contributed by atoms with Crippen LogP contribution in [0.4, 0.5) is 4.79 Å². The van der Waals surface area contributed by atoms with Crippen molar-refractivity contribution in [2.24, 2.45) is 5.92 Å². The molecule has 0 saturated carbocycles. The lowest BCUT2D eigenvalue weighted by molar-refractivity contribution is -0.238. The van der Waals surface area contributed by atoms with Crippen molar-refractivity contribution >= 4 is 41.8 Å². The Morgan fingerprint density at radius 3 is 2.23 bits per heavy atom. The molecule has 0 radical (unpaired) electrons. The molecule has 2 aromatic carbocycles. The van der Waals surface area contributed by atoms with Gasteiger partial charge in [0.15, 0.2) is 17.8 Å². The van der Waals surface area contributed by atoms with E-state index < -0.39 is 84.1 Å². The summed E-state index contributed by atoms with van der Waals surface area (Å²) in [5.74, 6) is -3.67. The molecule has 0 spiro atoms. The first kappa shape index (κ1) is 56.3. The number of carbonyl (C=O) groups excluding carboxylic acids is 7. The molecule has 3 N–H and O–H groups in total. The van der Waals surface area contributed by atoms with E-state index in [1.54, 1.807) is 46.8 Å². The van der Waals surface area contributed by atoms with Gasteiger partial charge in [0.25, 0.3) is 5.91 Å². The van der Waals surface area contributed by atoms with Crippen molar-refractivity contribution in [2.45, 2.75) is 155 Å². The van der Waals surface area contributed by atoms with Gasteiger partial charge < -0.3 is 53.8 Å². The van der Waals surface area contributed by atoms with Crippen molar-refractivity contribution in [3.8, 4) is 5.75 Å². The van der Waals surface area contributed by atoms with E-state index >= 15 is 0 Å². The van der Waals surface area contributed by atoms with Gasteiger partial charge in [0, 0.05) is 45.8 Å². The Bertz CT molecular complexity index is 2170. The van der Waals surface area contributed by atoms with Crippen molar-refractivity contribution in [3.63, 3.8) is 0 Å². The van der Waals surface area contributed by atoms with Crippen LogP contribution < -0.4 is 20.7 Å². The number of amides is 3. The summed E-state index contributed by atoms with van der Waals surface area (Å²) in [6, 6.07) is 9.53. The Hall–Kier alpha value is -6.27. The van der Waals surface area contributed by atoms with Gasteiger partial charge >= 0.3 is 30.0 Å². The van der Waals surface area contributed by atoms with E-state index in [0.717, 1.165) is 71.1 Å². The van der Waals surface area contributed by atoms with Crippen molar-refractivity contribution in [3.05, 3.63) is 89.5 Å². The molecule has 2 saturated heterocycles. The molecule has 0 aliphatic carbocycles. The second kappa shape index (κ2) is 26.1. The SMILES string of the molecule is C=CCCC[C@@H](NC(=O)C1CCCOC1)c1cccc(COc2c(C)cc(C(=O)NC[C@@H](OC(C)=O)[C@@H](OC(C)=O)[C@@H]3O[C@@](CC=C)(C(=O)OC)C[C@H](OC(C)=O)[C@H]3NC(=O)OC(C)(C)C)cc2C)c1. The molecule has 2 aliphatic heterocycles. The van der Waals surface area contributed by atoms with Crippen LogP contribution in [0.25, 0.3) is 0 Å². The molecule has 70 heavy (non-hydrogen) atoms. The van der Waals surface area contributed by atoms with Gasteiger partial charge in [-0.15, -0.1) is 13.2 Å². The molecule has 3 amide bonds. The quantitative estimate of drug-likeness (QED) is 0.0494. The molecule has 4 rings (SSSR count). The van der Waals surface area contributed by atoms with Gasteiger partial charge in [0.2, 0.25) is 5.91 Å². The minimum Gasteiger partial charge on any atom is -0.488 e. The minimum atomic E-state index is -1.91. The number of benzene rings is 2. The zero-order valence-electron chi connectivity index (χ0n) is 42.0. The smallest absolute Gasteiger partial charge is 0.408 e. The van der Waals surface area contributed by atoms with Crippen LogP contribution in [-0.2, 0) is 63.7 Å². The number of unbranched alkanes of at least 4 members (excludes halogenated alkanes) is 1. The Morgan fingerprint density at radius 1 is 0.943 bits per heavy atom. The number of nitrogens with one attached hydrogen (secondary N) is 3. The van der Waals surface area contributed by atoms with Crippen LogP contribution in [0.1, 0.15) is 125 Å². The monoisotopic (exact) mass is 977 g/mol. The van der Waals surface area contributed by atoms with Crippen LogP contribution >= 0.6 is 0 Å². The Balaban J connectivity index is 1.61. The molecule has 8 atom stereocenters. The molecule has 2 aliphatic rings. The summed E-state index contributed by atoms with van der Waals surface area (Å²) in [7, 11) is 1.13. The number of allylic oxidation sites excluding steroid dienone is 1. The van der Waals surface area contributed by atoms with E-state index in [0.29, 0.717) is 30.1 Å². The highest BCUT2D eigenvalue weighted by Gasteiger charge is 2.58. The van der Waals surface area contributed by atoms with Crippen LogP contribution in [0.3, 0.4) is 0 Å². The Morgan fingerprint density at radius 2 is 1.64 bits per heavy atom. The number of esters is 4. The fraction of sp³-hybridized carbons (Fsp3) is 0.558. The zero-order valence-corrected chi connectivity index (χ0v) is 42.0. The first-order valence-corrected chi connectivity index (χ1v) is 23.6. The first-order chi connectivity index (χ1) is 33.1. The maximum Gasteiger partial charge on any atom is 0.408 e. The lowest BCUT2D eigenvalue weighted by Crippen LogP contribution is -2.69. The summed E-state index contributed by atoms with van der Waals surface area (Å²) < 4.78 is 46.2. The molecule has 18 nitrogen and oxygen atoms in total. The van der Waals surface area contributed by atoms with E-state index in [-0.39, 0.29) is 42.9 Å². The molecule has 1 unspecified atom stereocenters. The molecule has 384 valence electrons. The van der Waals surface area contributed by atoms with E-state index in [4.69, 9.17) is 37.9 Å². The number of aryl methyl sites for hydroxylation is 2. The number of carbonyl (C=O) groups is 7. The number of hydrogen-bond acceptors (Lipinski definition) is 15. The predicted octanol–water partition coefficient (Wildman–Crippen LogP) is 6.52. The number of rotatable bonds is 22. The average Bonchev–Trinajstić information content (AvgIpc) is 3.28. The molecular formula is C52H71N3O15. The topological polar surface area (TPSA) is 229 Å². The summed E-state index contributed by atoms with van der Waals surface area (Å²) in [5, 5.41) is 8.66. The predicted molar refractivity (Wildman–Crippen MR) is 256 cm³/mol. The van der Waals surface area contributed by atoms with Gasteiger partial charge in [-0.1, -0.05) is 36.4 Å². The normalized spacial score (nSPS) is 21.3. The lowest BCUT2D eigenvalue weighted by atomic mass is 9.81. The van der Waals surface area contributed by atoms with E-state index in [9.17, 15) is 33.6 Å². The second-order valence-corrected chi connectivity index (χ2v) is 18.7. The molecule has 0 bridgehead atoms. The maximum atomic E-state index is 14.0. The first-order valence-electron chi connectivity index (χ1n) is 23.6. The highest BCUT2D eigenvalue weighted by atomic mass is 16.6. The minimum absolute atomic E-state index is 0.0220. The van der Waals surface area contributed by atoms with Crippen LogP contribution in [0.2, 0.25) is 0 Å². The van der Waals surface area contributed by atoms with Crippen molar-refractivity contribution in [1.29, 1.82) is 0 Å². The maximum absolute atomic E-state index is 14.0. The fourth-order valence-corrected chi connectivity index (χ4v) is 8.70. The fourth-order valence-electron chi connectivity index (χ4n) is 8.70. The second-order valence-electron chi connectivity index (χ2n) is 18.7. The third-order valence-electron chi connectivity index (χ3n) is 11.7. The summed E-state index contributed by atoms with van der Waals surface area (Å²) in [6.45, 7) is 20.2. The Labute approximate surface area is 410 Å². The number of ether oxygens (including phenoxy) is 8. The van der Waals surface area contributed by atoms with E-state index in [2.05, 4.69) is 29.1 Å². The van der Waals surface area contributed by atoms with Gasteiger partial charge in [0.1, 0.15) is 30.2 Å². The highest BCUT2D eigenvalue weighted by molar-refractivity contribution is 5.95. The van der Waals surface area contributed by atoms with Gasteiger partial charge in [-0.3, -0.25) is 24.0 Å². The molecule has 2 aromatic rings. The Kier molecular flexibility index (Phi) is 21.0. The van der Waals surface area contributed by atoms with Gasteiger partial charge in [-0.05, 0) is 101 Å². The number of methoxy groups -OCH3 is 1. The lowest BCUT2D eigenvalue weighted by Gasteiger charge is -2.49. The van der Waals surface area contributed by atoms with Gasteiger partial charge in [0.05, 0.1) is 38.3 Å². The van der Waals surface area contributed by atoms with Crippen LogP contribution in [-0.4, -0.2) is 110 Å². The number of hydrogen-bond donors (Lipinski definition) is 3. The van der Waals surface area contributed by atoms with Crippen LogP contribution in [0.5, 0.6) is 5.75 Å². The summed E-state index contributed by atoms with van der Waals surface area (Å²) in [4.78, 5) is 92.4. The molecule has 2 heterocycles. The summed E-state index contributed by atoms with van der Waals surface area (Å²) >= 11 is 0. The molecule has 2 fully saturated rings. The van der Waals surface area contributed by atoms with Gasteiger partial charge in [-0.2, -0.15) is 0 Å². The molecule has 0 aromatic heterocycles. The molecule has 18 heteroatoms. The number of alkyl carbamates (subject to hydrolysis) is 1. The van der Waals surface area contributed by atoms with E-state index in [1.807, 2.05) is 30.3 Å². The van der Waals surface area contributed by atoms with Crippen molar-refractivity contribution in [1.82, 2.24) is 16.0 Å². The third kappa shape index (κ3) is 16.4. The highest BCUT2D eigenvalue weighted by Crippen LogP contribution is 2.39. The standard InChI is InChI=1S/C52H71N3O15/c1-12-14-15-21-40(54-48(60)38-20-17-23-64-30-38)37-19-16-18-36(26-37)29-65-44-31(3)24-39(25-32(44)4)47(59)53-28-42(67-34(6)57)45(68-35(7)58)46-43(55-50(62)70-51(8,9)10)41(66-33(5)56)27-52(69-46,22-13-2)49(61)63-11/h12-13,16,18-19,24-26,38,40-43,45-46H,1-2,14-15,17,20-23,27-30H2,3-11H3,(H,53,59)(H,54,60)(H,55,62)/t38?,40-,41+,42-,43-,45-,46-,52-/m1/s1. The third-order valence-corrected chi connectivity index (χ3v) is 11.7. The largest absolute Gasteiger partial charge is 0.488 e. The summed E-state index contributed by atoms with van der Waals surface area (Å²) in [6.07, 6.45) is -0.380. The van der Waals surface area contributed by atoms with Gasteiger partial charge in [-0.25, -0.2) is 9.59 Å². The van der Waals surface area contributed by atoms with Crippen molar-refractivity contribution in [2.75, 3.05) is 26.9 Å². The average molecular weight is 978 g/mol. The zero-order chi connectivity index (χ0) is 51.8. The van der Waals surface area contributed by atoms with E-state index in [1.165, 1.54) is 6.08 Å². The van der Waals surface area contributed by atoms with Crippen molar-refractivity contribution < 1.29 is 71.5 Å².